The van der Waals surface area contributed by atoms with E-state index in [2.05, 4.69) is 20.0 Å². The topological polar surface area (TPSA) is 72.1 Å². The molecule has 27 heavy (non-hydrogen) atoms. The second kappa shape index (κ2) is 6.61. The van der Waals surface area contributed by atoms with E-state index in [1.807, 2.05) is 42.5 Å². The van der Waals surface area contributed by atoms with Crippen LogP contribution < -0.4 is 0 Å². The van der Waals surface area contributed by atoms with Crippen molar-refractivity contribution < 1.29 is 9.32 Å². The first kappa shape index (κ1) is 16.2. The molecule has 2 aliphatic heterocycles. The third-order valence-electron chi connectivity index (χ3n) is 5.70. The molecule has 0 radical (unpaired) electrons. The first-order valence-corrected chi connectivity index (χ1v) is 9.41. The standard InChI is InChI=1S/C21H20N4O2/c26-21(14-5-2-1-3-6-14)25-17-8-9-18(25)12-16(11-17)20-23-19(24-27-20)15-7-4-10-22-13-15/h1-7,10,13,16-18H,8-9,11-12H2/t16?,17-,18+. The van der Waals surface area contributed by atoms with Gasteiger partial charge in [0.2, 0.25) is 11.7 Å². The summed E-state index contributed by atoms with van der Waals surface area (Å²) in [6, 6.07) is 13.8. The fraction of sp³-hybridized carbons (Fsp3) is 0.333. The van der Waals surface area contributed by atoms with Gasteiger partial charge in [0.25, 0.3) is 5.91 Å². The molecule has 2 bridgehead atoms. The van der Waals surface area contributed by atoms with Gasteiger partial charge in [0.1, 0.15) is 0 Å². The Labute approximate surface area is 157 Å². The summed E-state index contributed by atoms with van der Waals surface area (Å²) >= 11 is 0. The van der Waals surface area contributed by atoms with Gasteiger partial charge in [0, 0.05) is 41.5 Å². The van der Waals surface area contributed by atoms with Crippen molar-refractivity contribution in [2.75, 3.05) is 0 Å². The molecule has 1 unspecified atom stereocenters. The van der Waals surface area contributed by atoms with Crippen LogP contribution >= 0.6 is 0 Å². The highest BCUT2D eigenvalue weighted by molar-refractivity contribution is 5.94. The lowest BCUT2D eigenvalue weighted by atomic mass is 9.90. The smallest absolute Gasteiger partial charge is 0.254 e. The summed E-state index contributed by atoms with van der Waals surface area (Å²) in [7, 11) is 0. The van der Waals surface area contributed by atoms with E-state index in [-0.39, 0.29) is 23.9 Å². The zero-order valence-electron chi connectivity index (χ0n) is 14.9. The Morgan fingerprint density at radius 1 is 1.04 bits per heavy atom. The number of benzene rings is 1. The molecule has 2 saturated heterocycles. The summed E-state index contributed by atoms with van der Waals surface area (Å²) in [5.74, 6) is 1.61. The van der Waals surface area contributed by atoms with Gasteiger partial charge in [0.05, 0.1) is 0 Å². The fourth-order valence-electron chi connectivity index (χ4n) is 4.45. The number of piperidine rings is 1. The van der Waals surface area contributed by atoms with Crippen molar-refractivity contribution in [1.82, 2.24) is 20.0 Å². The van der Waals surface area contributed by atoms with Crippen molar-refractivity contribution in [3.05, 3.63) is 66.3 Å². The van der Waals surface area contributed by atoms with E-state index in [1.54, 1.807) is 12.4 Å². The predicted octanol–water partition coefficient (Wildman–Crippen LogP) is 3.68. The van der Waals surface area contributed by atoms with Crippen molar-refractivity contribution >= 4 is 5.91 Å². The molecular weight excluding hydrogens is 340 g/mol. The molecule has 136 valence electrons. The van der Waals surface area contributed by atoms with Crippen LogP contribution in [0.5, 0.6) is 0 Å². The predicted molar refractivity (Wildman–Crippen MR) is 98.9 cm³/mol. The van der Waals surface area contributed by atoms with Crippen LogP contribution in [0.25, 0.3) is 11.4 Å². The number of carbonyl (C=O) groups is 1. The van der Waals surface area contributed by atoms with Crippen molar-refractivity contribution in [3.8, 4) is 11.4 Å². The van der Waals surface area contributed by atoms with Gasteiger partial charge in [-0.15, -0.1) is 0 Å². The highest BCUT2D eigenvalue weighted by Crippen LogP contribution is 2.43. The van der Waals surface area contributed by atoms with E-state index in [0.717, 1.165) is 36.8 Å². The molecule has 1 amide bonds. The summed E-state index contributed by atoms with van der Waals surface area (Å²) in [6.45, 7) is 0. The molecule has 4 heterocycles. The normalized spacial score (nSPS) is 24.1. The molecule has 6 nitrogen and oxygen atoms in total. The van der Waals surface area contributed by atoms with Crippen LogP contribution in [-0.4, -0.2) is 38.0 Å². The lowest BCUT2D eigenvalue weighted by Gasteiger charge is -2.37. The van der Waals surface area contributed by atoms with Crippen LogP contribution in [0.15, 0.2) is 59.4 Å². The second-order valence-corrected chi connectivity index (χ2v) is 7.33. The first-order valence-electron chi connectivity index (χ1n) is 9.41. The number of hydrogen-bond donors (Lipinski definition) is 0. The molecule has 2 fully saturated rings. The molecule has 6 heteroatoms. The van der Waals surface area contributed by atoms with Crippen LogP contribution in [0.1, 0.15) is 47.8 Å². The molecular formula is C21H20N4O2. The lowest BCUT2D eigenvalue weighted by molar-refractivity contribution is 0.0555. The number of pyridine rings is 1. The van der Waals surface area contributed by atoms with Crippen LogP contribution in [-0.2, 0) is 0 Å². The minimum absolute atomic E-state index is 0.142. The Morgan fingerprint density at radius 2 is 1.81 bits per heavy atom. The van der Waals surface area contributed by atoms with Gasteiger partial charge < -0.3 is 9.42 Å². The number of rotatable bonds is 3. The molecule has 0 spiro atoms. The van der Waals surface area contributed by atoms with Gasteiger partial charge in [0.15, 0.2) is 0 Å². The van der Waals surface area contributed by atoms with Crippen molar-refractivity contribution in [2.45, 2.75) is 43.7 Å². The van der Waals surface area contributed by atoms with Crippen LogP contribution in [0.3, 0.4) is 0 Å². The maximum atomic E-state index is 13.0. The highest BCUT2D eigenvalue weighted by atomic mass is 16.5. The number of hydrogen-bond acceptors (Lipinski definition) is 5. The minimum Gasteiger partial charge on any atom is -0.339 e. The van der Waals surface area contributed by atoms with E-state index in [0.29, 0.717) is 11.7 Å². The van der Waals surface area contributed by atoms with E-state index in [4.69, 9.17) is 4.52 Å². The summed E-state index contributed by atoms with van der Waals surface area (Å²) < 4.78 is 5.57. The zero-order chi connectivity index (χ0) is 18.2. The van der Waals surface area contributed by atoms with Crippen LogP contribution in [0.2, 0.25) is 0 Å². The fourth-order valence-corrected chi connectivity index (χ4v) is 4.45. The Balaban J connectivity index is 1.35. The molecule has 0 aliphatic carbocycles. The maximum Gasteiger partial charge on any atom is 0.254 e. The summed E-state index contributed by atoms with van der Waals surface area (Å²) in [5, 5.41) is 4.13. The molecule has 2 aliphatic rings. The monoisotopic (exact) mass is 360 g/mol. The second-order valence-electron chi connectivity index (χ2n) is 7.33. The lowest BCUT2D eigenvalue weighted by Crippen LogP contribution is -2.46. The Bertz CT molecular complexity index is 927. The SMILES string of the molecule is O=C(c1ccccc1)N1[C@@H]2CC[C@H]1CC(c1nc(-c3cccnc3)no1)C2. The van der Waals surface area contributed by atoms with Crippen molar-refractivity contribution in [2.24, 2.45) is 0 Å². The number of fused-ring (bicyclic) bond motifs is 2. The third-order valence-corrected chi connectivity index (χ3v) is 5.70. The third kappa shape index (κ3) is 2.91. The Kier molecular flexibility index (Phi) is 3.96. The van der Waals surface area contributed by atoms with Gasteiger partial charge in [-0.05, 0) is 49.9 Å². The van der Waals surface area contributed by atoms with E-state index >= 15 is 0 Å². The van der Waals surface area contributed by atoms with Gasteiger partial charge in [-0.3, -0.25) is 9.78 Å². The van der Waals surface area contributed by atoms with E-state index in [1.165, 1.54) is 0 Å². The number of carbonyl (C=O) groups excluding carboxylic acids is 1. The number of aromatic nitrogens is 3. The minimum atomic E-state index is 0.142. The summed E-state index contributed by atoms with van der Waals surface area (Å²) in [6.07, 6.45) is 7.31. The molecule has 3 atom stereocenters. The summed E-state index contributed by atoms with van der Waals surface area (Å²) in [5.41, 5.74) is 1.62. The quantitative estimate of drug-likeness (QED) is 0.712. The average Bonchev–Trinajstić information content (AvgIpc) is 3.32. The summed E-state index contributed by atoms with van der Waals surface area (Å²) in [4.78, 5) is 23.8. The number of nitrogens with zero attached hydrogens (tertiary/aromatic N) is 4. The van der Waals surface area contributed by atoms with Crippen molar-refractivity contribution in [1.29, 1.82) is 0 Å². The Hall–Kier alpha value is -3.02. The Morgan fingerprint density at radius 3 is 2.52 bits per heavy atom. The highest BCUT2D eigenvalue weighted by Gasteiger charge is 2.45. The van der Waals surface area contributed by atoms with Gasteiger partial charge in [-0.1, -0.05) is 23.4 Å². The van der Waals surface area contributed by atoms with E-state index < -0.39 is 0 Å². The van der Waals surface area contributed by atoms with Gasteiger partial charge >= 0.3 is 0 Å². The van der Waals surface area contributed by atoms with Crippen molar-refractivity contribution in [3.63, 3.8) is 0 Å². The number of amides is 1. The average molecular weight is 360 g/mol. The zero-order valence-corrected chi connectivity index (χ0v) is 14.9. The molecule has 3 aromatic rings. The first-order chi connectivity index (χ1) is 13.3. The van der Waals surface area contributed by atoms with Gasteiger partial charge in [-0.25, -0.2) is 0 Å². The van der Waals surface area contributed by atoms with Crippen LogP contribution in [0, 0.1) is 0 Å². The van der Waals surface area contributed by atoms with Gasteiger partial charge in [-0.2, -0.15) is 4.98 Å². The molecule has 0 N–H and O–H groups in total. The largest absolute Gasteiger partial charge is 0.339 e. The molecule has 5 rings (SSSR count). The molecule has 2 aromatic heterocycles. The van der Waals surface area contributed by atoms with Crippen LogP contribution in [0.4, 0.5) is 0 Å². The molecule has 0 saturated carbocycles. The molecule has 1 aromatic carbocycles. The van der Waals surface area contributed by atoms with E-state index in [9.17, 15) is 4.79 Å². The maximum absolute atomic E-state index is 13.0.